The van der Waals surface area contributed by atoms with E-state index in [0.29, 0.717) is 17.1 Å². The van der Waals surface area contributed by atoms with Crippen LogP contribution in [-0.2, 0) is 4.79 Å². The Hall–Kier alpha value is -1.04. The van der Waals surface area contributed by atoms with E-state index in [1.54, 1.807) is 0 Å². The van der Waals surface area contributed by atoms with Gasteiger partial charge in [-0.25, -0.2) is 0 Å². The first kappa shape index (κ1) is 15.0. The standard InChI is InChI=1S/C12H21N3O2S/c1-5-10(6-2)8(3)15-9(4)13-14-12(15)18-7-11(16)17/h8,10H,5-7H2,1-4H3,(H,16,17). The first-order valence-electron chi connectivity index (χ1n) is 6.27. The molecule has 0 spiro atoms. The van der Waals surface area contributed by atoms with Gasteiger partial charge in [0.15, 0.2) is 5.16 Å². The predicted molar refractivity (Wildman–Crippen MR) is 71.9 cm³/mol. The average Bonchev–Trinajstić information content (AvgIpc) is 2.69. The first-order chi connectivity index (χ1) is 8.51. The molecule has 0 saturated heterocycles. The Kier molecular flexibility index (Phi) is 5.65. The van der Waals surface area contributed by atoms with Crippen LogP contribution in [0.15, 0.2) is 5.16 Å². The molecule has 0 aliphatic carbocycles. The zero-order valence-corrected chi connectivity index (χ0v) is 12.2. The topological polar surface area (TPSA) is 68.0 Å². The summed E-state index contributed by atoms with van der Waals surface area (Å²) in [6.07, 6.45) is 2.19. The number of nitrogens with zero attached hydrogens (tertiary/aromatic N) is 3. The van der Waals surface area contributed by atoms with Crippen LogP contribution in [0.3, 0.4) is 0 Å². The smallest absolute Gasteiger partial charge is 0.313 e. The highest BCUT2D eigenvalue weighted by molar-refractivity contribution is 7.99. The van der Waals surface area contributed by atoms with Crippen LogP contribution in [0, 0.1) is 12.8 Å². The van der Waals surface area contributed by atoms with Crippen molar-refractivity contribution >= 4 is 17.7 Å². The molecule has 0 aromatic carbocycles. The molecule has 1 rings (SSSR count). The highest BCUT2D eigenvalue weighted by Gasteiger charge is 2.21. The molecule has 1 unspecified atom stereocenters. The lowest BCUT2D eigenvalue weighted by Gasteiger charge is -2.24. The quantitative estimate of drug-likeness (QED) is 0.772. The lowest BCUT2D eigenvalue weighted by molar-refractivity contribution is -0.133. The van der Waals surface area contributed by atoms with Crippen molar-refractivity contribution in [3.63, 3.8) is 0 Å². The fourth-order valence-corrected chi connectivity index (χ4v) is 3.01. The van der Waals surface area contributed by atoms with Gasteiger partial charge in [0.05, 0.1) is 5.75 Å². The summed E-state index contributed by atoms with van der Waals surface area (Å²) >= 11 is 1.23. The lowest BCUT2D eigenvalue weighted by Crippen LogP contribution is -2.18. The van der Waals surface area contributed by atoms with Crippen LogP contribution < -0.4 is 0 Å². The molecule has 6 heteroatoms. The molecular formula is C12H21N3O2S. The van der Waals surface area contributed by atoms with Gasteiger partial charge in [0, 0.05) is 6.04 Å². The number of aromatic nitrogens is 3. The Morgan fingerprint density at radius 2 is 2.00 bits per heavy atom. The highest BCUT2D eigenvalue weighted by Crippen LogP contribution is 2.29. The maximum atomic E-state index is 10.6. The minimum absolute atomic E-state index is 0.0216. The minimum atomic E-state index is -0.831. The van der Waals surface area contributed by atoms with Crippen molar-refractivity contribution in [2.75, 3.05) is 5.75 Å². The maximum Gasteiger partial charge on any atom is 0.313 e. The van der Waals surface area contributed by atoms with Crippen molar-refractivity contribution in [1.29, 1.82) is 0 Å². The number of aryl methyl sites for hydroxylation is 1. The zero-order chi connectivity index (χ0) is 13.7. The van der Waals surface area contributed by atoms with Crippen LogP contribution in [0.25, 0.3) is 0 Å². The van der Waals surface area contributed by atoms with Gasteiger partial charge < -0.3 is 9.67 Å². The van der Waals surface area contributed by atoms with Gasteiger partial charge >= 0.3 is 5.97 Å². The van der Waals surface area contributed by atoms with E-state index in [2.05, 4.69) is 35.5 Å². The third-order valence-corrected chi connectivity index (χ3v) is 4.23. The van der Waals surface area contributed by atoms with Gasteiger partial charge in [-0.15, -0.1) is 10.2 Å². The van der Waals surface area contributed by atoms with E-state index < -0.39 is 5.97 Å². The van der Waals surface area contributed by atoms with Gasteiger partial charge in [-0.1, -0.05) is 38.5 Å². The Morgan fingerprint density at radius 3 is 2.50 bits per heavy atom. The third kappa shape index (κ3) is 3.48. The Bertz CT molecular complexity index is 402. The van der Waals surface area contributed by atoms with Gasteiger partial charge in [-0.05, 0) is 19.8 Å². The Labute approximate surface area is 112 Å². The molecule has 0 radical (unpaired) electrons. The van der Waals surface area contributed by atoms with Crippen LogP contribution >= 0.6 is 11.8 Å². The summed E-state index contributed by atoms with van der Waals surface area (Å²) in [5.41, 5.74) is 0. The molecule has 0 fully saturated rings. The SMILES string of the molecule is CCC(CC)C(C)n1c(C)nnc1SCC(=O)O. The number of hydrogen-bond donors (Lipinski definition) is 1. The lowest BCUT2D eigenvalue weighted by atomic mass is 9.95. The molecule has 0 aliphatic heterocycles. The van der Waals surface area contributed by atoms with E-state index in [1.807, 2.05) is 6.92 Å². The van der Waals surface area contributed by atoms with E-state index >= 15 is 0 Å². The van der Waals surface area contributed by atoms with E-state index in [4.69, 9.17) is 5.11 Å². The fraction of sp³-hybridized carbons (Fsp3) is 0.750. The highest BCUT2D eigenvalue weighted by atomic mass is 32.2. The first-order valence-corrected chi connectivity index (χ1v) is 7.25. The maximum absolute atomic E-state index is 10.6. The average molecular weight is 271 g/mol. The Balaban J connectivity index is 2.92. The summed E-state index contributed by atoms with van der Waals surface area (Å²) in [6.45, 7) is 8.42. The van der Waals surface area contributed by atoms with Crippen molar-refractivity contribution in [1.82, 2.24) is 14.8 Å². The number of carboxylic acids is 1. The molecule has 1 aromatic rings. The van der Waals surface area contributed by atoms with E-state index in [0.717, 1.165) is 18.7 Å². The molecule has 5 nitrogen and oxygen atoms in total. The van der Waals surface area contributed by atoms with Crippen molar-refractivity contribution in [2.45, 2.75) is 51.7 Å². The van der Waals surface area contributed by atoms with Gasteiger partial charge in [-0.3, -0.25) is 4.79 Å². The van der Waals surface area contributed by atoms with E-state index in [1.165, 1.54) is 11.8 Å². The second kappa shape index (κ2) is 6.78. The molecule has 1 aromatic heterocycles. The van der Waals surface area contributed by atoms with E-state index in [9.17, 15) is 4.79 Å². The molecule has 18 heavy (non-hydrogen) atoms. The minimum Gasteiger partial charge on any atom is -0.481 e. The largest absolute Gasteiger partial charge is 0.481 e. The molecular weight excluding hydrogens is 250 g/mol. The number of hydrogen-bond acceptors (Lipinski definition) is 4. The van der Waals surface area contributed by atoms with Crippen molar-refractivity contribution in [3.8, 4) is 0 Å². The number of carbonyl (C=O) groups is 1. The van der Waals surface area contributed by atoms with Gasteiger partial charge in [0.2, 0.25) is 0 Å². The molecule has 0 amide bonds. The summed E-state index contributed by atoms with van der Waals surface area (Å²) in [6, 6.07) is 0.297. The van der Waals surface area contributed by atoms with Gasteiger partial charge in [0.1, 0.15) is 5.82 Å². The summed E-state index contributed by atoms with van der Waals surface area (Å²) in [5.74, 6) is 0.599. The van der Waals surface area contributed by atoms with Crippen molar-refractivity contribution in [2.24, 2.45) is 5.92 Å². The van der Waals surface area contributed by atoms with E-state index in [-0.39, 0.29) is 5.75 Å². The Morgan fingerprint density at radius 1 is 1.39 bits per heavy atom. The molecule has 1 heterocycles. The molecule has 0 saturated carbocycles. The number of carboxylic acid groups (broad SMARTS) is 1. The van der Waals surface area contributed by atoms with Crippen LogP contribution in [0.1, 0.15) is 45.5 Å². The molecule has 102 valence electrons. The second-order valence-corrected chi connectivity index (χ2v) is 5.34. The van der Waals surface area contributed by atoms with Crippen molar-refractivity contribution < 1.29 is 9.90 Å². The third-order valence-electron chi connectivity index (χ3n) is 3.30. The normalized spacial score (nSPS) is 12.9. The predicted octanol–water partition coefficient (Wildman–Crippen LogP) is 2.76. The van der Waals surface area contributed by atoms with Crippen LogP contribution in [0.5, 0.6) is 0 Å². The molecule has 0 aliphatic rings. The van der Waals surface area contributed by atoms with Crippen LogP contribution in [-0.4, -0.2) is 31.6 Å². The molecule has 1 N–H and O–H groups in total. The summed E-state index contributed by atoms with van der Waals surface area (Å²) in [4.78, 5) is 10.6. The van der Waals surface area contributed by atoms with Gasteiger partial charge in [0.25, 0.3) is 0 Å². The number of thioether (sulfide) groups is 1. The van der Waals surface area contributed by atoms with Crippen molar-refractivity contribution in [3.05, 3.63) is 5.82 Å². The summed E-state index contributed by atoms with van der Waals surface area (Å²) < 4.78 is 2.06. The summed E-state index contributed by atoms with van der Waals surface area (Å²) in [7, 11) is 0. The molecule has 0 bridgehead atoms. The summed E-state index contributed by atoms with van der Waals surface area (Å²) in [5, 5.41) is 17.6. The second-order valence-electron chi connectivity index (χ2n) is 4.40. The molecule has 1 atom stereocenters. The van der Waals surface area contributed by atoms with Crippen LogP contribution in [0.2, 0.25) is 0 Å². The van der Waals surface area contributed by atoms with Crippen LogP contribution in [0.4, 0.5) is 0 Å². The zero-order valence-electron chi connectivity index (χ0n) is 11.4. The monoisotopic (exact) mass is 271 g/mol. The fourth-order valence-electron chi connectivity index (χ4n) is 2.23. The number of aliphatic carboxylic acids is 1. The number of rotatable bonds is 7. The van der Waals surface area contributed by atoms with Gasteiger partial charge in [-0.2, -0.15) is 0 Å².